The third-order valence-corrected chi connectivity index (χ3v) is 4.89. The van der Waals surface area contributed by atoms with Gasteiger partial charge in [-0.2, -0.15) is 9.78 Å². The third-order valence-electron chi connectivity index (χ3n) is 4.89. The minimum atomic E-state index is -0.239. The van der Waals surface area contributed by atoms with Crippen LogP contribution in [0.25, 0.3) is 5.69 Å². The van der Waals surface area contributed by atoms with Crippen LogP contribution < -0.4 is 5.56 Å². The van der Waals surface area contributed by atoms with Crippen molar-refractivity contribution in [1.29, 1.82) is 0 Å². The van der Waals surface area contributed by atoms with Crippen LogP contribution in [0.15, 0.2) is 47.3 Å². The second-order valence-electron chi connectivity index (χ2n) is 6.84. The van der Waals surface area contributed by atoms with Crippen molar-refractivity contribution >= 4 is 5.91 Å². The Morgan fingerprint density at radius 1 is 1.00 bits per heavy atom. The summed E-state index contributed by atoms with van der Waals surface area (Å²) in [5.41, 5.74) is 0.743. The predicted molar refractivity (Wildman–Crippen MR) is 94.9 cm³/mol. The molecule has 1 aliphatic heterocycles. The van der Waals surface area contributed by atoms with Crippen LogP contribution >= 0.6 is 0 Å². The van der Waals surface area contributed by atoms with Gasteiger partial charge in [0.1, 0.15) is 5.69 Å². The zero-order valence-electron chi connectivity index (χ0n) is 14.2. The van der Waals surface area contributed by atoms with E-state index in [4.69, 9.17) is 0 Å². The number of aromatic nitrogens is 2. The van der Waals surface area contributed by atoms with Crippen LogP contribution in [0.5, 0.6) is 0 Å². The molecule has 1 aliphatic carbocycles. The molecule has 2 fully saturated rings. The Bertz CT molecular complexity index is 806. The zero-order chi connectivity index (χ0) is 17.2. The number of rotatable bonds is 4. The summed E-state index contributed by atoms with van der Waals surface area (Å²) in [4.78, 5) is 29.1. The number of carbonyl (C=O) groups is 1. The highest BCUT2D eigenvalue weighted by Gasteiger charge is 2.28. The summed E-state index contributed by atoms with van der Waals surface area (Å²) >= 11 is 0. The predicted octanol–water partition coefficient (Wildman–Crippen LogP) is 1.40. The van der Waals surface area contributed by atoms with Gasteiger partial charge in [-0.3, -0.25) is 14.5 Å². The van der Waals surface area contributed by atoms with Gasteiger partial charge in [0.15, 0.2) is 0 Å². The lowest BCUT2D eigenvalue weighted by atomic mass is 10.2. The van der Waals surface area contributed by atoms with Crippen molar-refractivity contribution in [2.45, 2.75) is 12.8 Å². The van der Waals surface area contributed by atoms with Crippen LogP contribution in [0.4, 0.5) is 0 Å². The van der Waals surface area contributed by atoms with Crippen LogP contribution in [0.3, 0.4) is 0 Å². The van der Waals surface area contributed by atoms with Crippen molar-refractivity contribution in [2.24, 2.45) is 5.92 Å². The Labute approximate surface area is 146 Å². The average molecular weight is 338 g/mol. The van der Waals surface area contributed by atoms with Crippen molar-refractivity contribution in [3.8, 4) is 5.69 Å². The summed E-state index contributed by atoms with van der Waals surface area (Å²) < 4.78 is 1.29. The first-order chi connectivity index (χ1) is 12.2. The number of carbonyl (C=O) groups excluding carboxylic acids is 1. The molecule has 130 valence electrons. The van der Waals surface area contributed by atoms with Gasteiger partial charge in [-0.25, -0.2) is 0 Å². The van der Waals surface area contributed by atoms with E-state index in [2.05, 4.69) is 10.00 Å². The fraction of sp³-hybridized carbons (Fsp3) is 0.421. The maximum absolute atomic E-state index is 12.8. The van der Waals surface area contributed by atoms with Crippen molar-refractivity contribution in [3.63, 3.8) is 0 Å². The van der Waals surface area contributed by atoms with Crippen LogP contribution in [0.2, 0.25) is 0 Å². The summed E-state index contributed by atoms with van der Waals surface area (Å²) in [6.45, 7) is 4.44. The third kappa shape index (κ3) is 3.64. The van der Waals surface area contributed by atoms with Crippen LogP contribution in [0, 0.1) is 5.92 Å². The molecule has 1 saturated heterocycles. The van der Waals surface area contributed by atoms with Crippen molar-refractivity contribution in [1.82, 2.24) is 19.6 Å². The minimum absolute atomic E-state index is 0.101. The van der Waals surface area contributed by atoms with Gasteiger partial charge in [0.05, 0.1) is 5.69 Å². The molecule has 0 bridgehead atoms. The number of amides is 1. The smallest absolute Gasteiger partial charge is 0.274 e. The van der Waals surface area contributed by atoms with E-state index in [0.29, 0.717) is 11.4 Å². The minimum Gasteiger partial charge on any atom is -0.335 e. The van der Waals surface area contributed by atoms with Gasteiger partial charge in [0.2, 0.25) is 0 Å². The molecule has 6 nitrogen and oxygen atoms in total. The van der Waals surface area contributed by atoms with Gasteiger partial charge < -0.3 is 4.90 Å². The first-order valence-electron chi connectivity index (χ1n) is 8.88. The van der Waals surface area contributed by atoms with E-state index < -0.39 is 0 Å². The zero-order valence-corrected chi connectivity index (χ0v) is 14.2. The van der Waals surface area contributed by atoms with Gasteiger partial charge in [-0.15, -0.1) is 0 Å². The number of hydrogen-bond donors (Lipinski definition) is 0. The summed E-state index contributed by atoms with van der Waals surface area (Å²) in [7, 11) is 0. The van der Waals surface area contributed by atoms with Crippen molar-refractivity contribution < 1.29 is 4.79 Å². The largest absolute Gasteiger partial charge is 0.335 e. The molecule has 2 aromatic rings. The van der Waals surface area contributed by atoms with Crippen molar-refractivity contribution in [3.05, 3.63) is 58.5 Å². The van der Waals surface area contributed by atoms with Crippen molar-refractivity contribution in [2.75, 3.05) is 32.7 Å². The van der Waals surface area contributed by atoms with Gasteiger partial charge in [-0.1, -0.05) is 18.2 Å². The summed E-state index contributed by atoms with van der Waals surface area (Å²) in [6, 6.07) is 12.1. The van der Waals surface area contributed by atoms with E-state index in [1.165, 1.54) is 36.2 Å². The monoisotopic (exact) mass is 338 g/mol. The SMILES string of the molecule is O=C(c1ccc(=O)n(-c2ccccc2)n1)N1CCN(CC2CC2)CC1. The van der Waals surface area contributed by atoms with Crippen LogP contribution in [-0.2, 0) is 0 Å². The van der Waals surface area contributed by atoms with Crippen LogP contribution in [-0.4, -0.2) is 58.2 Å². The number of nitrogens with zero attached hydrogens (tertiary/aromatic N) is 4. The maximum atomic E-state index is 12.8. The Morgan fingerprint density at radius 3 is 2.40 bits per heavy atom. The van der Waals surface area contributed by atoms with E-state index in [9.17, 15) is 9.59 Å². The lowest BCUT2D eigenvalue weighted by Gasteiger charge is -2.34. The molecule has 0 N–H and O–H groups in total. The Morgan fingerprint density at radius 2 is 1.72 bits per heavy atom. The van der Waals surface area contributed by atoms with Gasteiger partial charge >= 0.3 is 0 Å². The Kier molecular flexibility index (Phi) is 4.36. The molecular weight excluding hydrogens is 316 g/mol. The highest BCUT2D eigenvalue weighted by atomic mass is 16.2. The number of hydrogen-bond acceptors (Lipinski definition) is 4. The molecule has 0 unspecified atom stereocenters. The molecular formula is C19H22N4O2. The van der Waals surface area contributed by atoms with E-state index in [1.54, 1.807) is 12.1 Å². The quantitative estimate of drug-likeness (QED) is 0.846. The molecule has 0 atom stereocenters. The molecule has 0 spiro atoms. The van der Waals surface area contributed by atoms with Gasteiger partial charge in [0, 0.05) is 38.8 Å². The normalized spacial score (nSPS) is 18.3. The first kappa shape index (κ1) is 16.0. The first-order valence-corrected chi connectivity index (χ1v) is 8.88. The second kappa shape index (κ2) is 6.80. The molecule has 1 saturated carbocycles. The highest BCUT2D eigenvalue weighted by Crippen LogP contribution is 2.29. The standard InChI is InChI=1S/C19H22N4O2/c24-18-9-8-17(20-23(18)16-4-2-1-3-5-16)19(25)22-12-10-21(11-13-22)14-15-6-7-15/h1-5,8-9,15H,6-7,10-14H2. The molecule has 4 rings (SSSR count). The Hall–Kier alpha value is -2.47. The molecule has 0 radical (unpaired) electrons. The molecule has 1 aromatic heterocycles. The maximum Gasteiger partial charge on any atom is 0.274 e. The van der Waals surface area contributed by atoms with Crippen LogP contribution in [0.1, 0.15) is 23.3 Å². The summed E-state index contributed by atoms with van der Waals surface area (Å²) in [5.74, 6) is 0.772. The lowest BCUT2D eigenvalue weighted by molar-refractivity contribution is 0.0624. The molecule has 2 heterocycles. The summed E-state index contributed by atoms with van der Waals surface area (Å²) in [5, 5.41) is 4.29. The van der Waals surface area contributed by atoms with E-state index in [1.807, 2.05) is 23.1 Å². The molecule has 1 amide bonds. The molecule has 25 heavy (non-hydrogen) atoms. The molecule has 1 aromatic carbocycles. The molecule has 6 heteroatoms. The number of benzene rings is 1. The second-order valence-corrected chi connectivity index (χ2v) is 6.84. The van der Waals surface area contributed by atoms with Gasteiger partial charge in [0.25, 0.3) is 11.5 Å². The van der Waals surface area contributed by atoms with E-state index in [-0.39, 0.29) is 11.5 Å². The lowest BCUT2D eigenvalue weighted by Crippen LogP contribution is -2.49. The summed E-state index contributed by atoms with van der Waals surface area (Å²) in [6.07, 6.45) is 2.70. The topological polar surface area (TPSA) is 58.4 Å². The fourth-order valence-electron chi connectivity index (χ4n) is 3.24. The number of para-hydroxylation sites is 1. The van der Waals surface area contributed by atoms with E-state index in [0.717, 1.165) is 32.1 Å². The van der Waals surface area contributed by atoms with E-state index >= 15 is 0 Å². The fourth-order valence-corrected chi connectivity index (χ4v) is 3.24. The number of piperazine rings is 1. The average Bonchev–Trinajstić information content (AvgIpc) is 3.47. The Balaban J connectivity index is 1.48. The highest BCUT2D eigenvalue weighted by molar-refractivity contribution is 5.92. The molecule has 2 aliphatic rings. The van der Waals surface area contributed by atoms with Gasteiger partial charge in [-0.05, 0) is 37.0 Å².